The SMILES string of the molecule is Cc1cc(C)c(Cc2n[nH]c(=S)n2-c2ccc(S(N)(=O)=O)cc2)c(C)c1. The van der Waals surface area contributed by atoms with E-state index in [0.717, 1.165) is 11.5 Å². The Morgan fingerprint density at radius 1 is 1.12 bits per heavy atom. The molecule has 1 heterocycles. The van der Waals surface area contributed by atoms with Crippen LogP contribution in [0.25, 0.3) is 5.69 Å². The first-order valence-corrected chi connectivity index (χ1v) is 9.98. The summed E-state index contributed by atoms with van der Waals surface area (Å²) in [5, 5.41) is 12.3. The molecule has 0 fully saturated rings. The second-order valence-electron chi connectivity index (χ2n) is 6.37. The molecule has 6 nitrogen and oxygen atoms in total. The Balaban J connectivity index is 2.04. The Labute approximate surface area is 157 Å². The van der Waals surface area contributed by atoms with Crippen molar-refractivity contribution in [2.45, 2.75) is 32.1 Å². The van der Waals surface area contributed by atoms with Gasteiger partial charge in [-0.3, -0.25) is 9.67 Å². The number of aryl methyl sites for hydroxylation is 3. The number of rotatable bonds is 4. The number of benzene rings is 2. The van der Waals surface area contributed by atoms with Crippen molar-refractivity contribution in [3.05, 3.63) is 69.2 Å². The van der Waals surface area contributed by atoms with Gasteiger partial charge in [0.15, 0.2) is 4.77 Å². The molecule has 0 unspecified atom stereocenters. The zero-order chi connectivity index (χ0) is 19.1. The minimum Gasteiger partial charge on any atom is -0.272 e. The van der Waals surface area contributed by atoms with Gasteiger partial charge in [0.05, 0.1) is 4.90 Å². The van der Waals surface area contributed by atoms with Gasteiger partial charge in [0.1, 0.15) is 5.82 Å². The largest absolute Gasteiger partial charge is 0.272 e. The van der Waals surface area contributed by atoms with Crippen LogP contribution in [0.2, 0.25) is 0 Å². The molecule has 0 radical (unpaired) electrons. The van der Waals surface area contributed by atoms with Gasteiger partial charge >= 0.3 is 0 Å². The molecule has 0 bridgehead atoms. The van der Waals surface area contributed by atoms with Crippen LogP contribution < -0.4 is 5.14 Å². The first-order chi connectivity index (χ1) is 12.2. The van der Waals surface area contributed by atoms with E-state index in [2.05, 4.69) is 43.1 Å². The van der Waals surface area contributed by atoms with Gasteiger partial charge in [-0.1, -0.05) is 17.7 Å². The number of aromatic amines is 1. The summed E-state index contributed by atoms with van der Waals surface area (Å²) in [6, 6.07) is 10.6. The predicted octanol–water partition coefficient (Wildman–Crippen LogP) is 3.09. The van der Waals surface area contributed by atoms with Crippen molar-refractivity contribution in [2.75, 3.05) is 0 Å². The molecule has 0 saturated carbocycles. The molecule has 136 valence electrons. The molecule has 0 spiro atoms. The Bertz CT molecular complexity index is 1100. The molecule has 0 aliphatic heterocycles. The standard InChI is InChI=1S/C18H20N4O2S2/c1-11-8-12(2)16(13(3)9-11)10-17-20-21-18(25)22(17)14-4-6-15(7-5-14)26(19,23)24/h4-9H,10H2,1-3H3,(H,21,25)(H2,19,23,24). The molecule has 0 amide bonds. The van der Waals surface area contributed by atoms with E-state index in [1.165, 1.54) is 34.4 Å². The molecule has 8 heteroatoms. The Morgan fingerprint density at radius 3 is 2.23 bits per heavy atom. The van der Waals surface area contributed by atoms with Crippen molar-refractivity contribution in [1.29, 1.82) is 0 Å². The van der Waals surface area contributed by atoms with Gasteiger partial charge in [0.25, 0.3) is 0 Å². The van der Waals surface area contributed by atoms with Crippen LogP contribution in [0.15, 0.2) is 41.3 Å². The van der Waals surface area contributed by atoms with Crippen LogP contribution in [0.5, 0.6) is 0 Å². The van der Waals surface area contributed by atoms with Crippen LogP contribution in [0.4, 0.5) is 0 Å². The highest BCUT2D eigenvalue weighted by atomic mass is 32.2. The lowest BCUT2D eigenvalue weighted by Crippen LogP contribution is -2.12. The fraction of sp³-hybridized carbons (Fsp3) is 0.222. The molecule has 0 aliphatic rings. The van der Waals surface area contributed by atoms with Crippen molar-refractivity contribution >= 4 is 22.2 Å². The van der Waals surface area contributed by atoms with Gasteiger partial charge in [0, 0.05) is 12.1 Å². The number of sulfonamides is 1. The zero-order valence-electron chi connectivity index (χ0n) is 14.8. The quantitative estimate of drug-likeness (QED) is 0.672. The van der Waals surface area contributed by atoms with Gasteiger partial charge in [-0.2, -0.15) is 5.10 Å². The highest BCUT2D eigenvalue weighted by molar-refractivity contribution is 7.89. The lowest BCUT2D eigenvalue weighted by molar-refractivity contribution is 0.598. The van der Waals surface area contributed by atoms with Gasteiger partial charge in [-0.25, -0.2) is 13.6 Å². The van der Waals surface area contributed by atoms with E-state index in [-0.39, 0.29) is 4.90 Å². The molecule has 3 N–H and O–H groups in total. The van der Waals surface area contributed by atoms with Gasteiger partial charge in [0.2, 0.25) is 10.0 Å². The fourth-order valence-corrected chi connectivity index (χ4v) is 3.92. The topological polar surface area (TPSA) is 93.8 Å². The Morgan fingerprint density at radius 2 is 1.69 bits per heavy atom. The van der Waals surface area contributed by atoms with E-state index in [1.54, 1.807) is 16.7 Å². The number of nitrogens with one attached hydrogen (secondary N) is 1. The molecular weight excluding hydrogens is 368 g/mol. The second kappa shape index (κ2) is 6.79. The minimum absolute atomic E-state index is 0.0584. The van der Waals surface area contributed by atoms with E-state index >= 15 is 0 Å². The summed E-state index contributed by atoms with van der Waals surface area (Å²) in [5.74, 6) is 0.758. The lowest BCUT2D eigenvalue weighted by atomic mass is 9.97. The third-order valence-electron chi connectivity index (χ3n) is 4.34. The molecule has 2 aromatic carbocycles. The maximum absolute atomic E-state index is 11.4. The monoisotopic (exact) mass is 388 g/mol. The average Bonchev–Trinajstić information content (AvgIpc) is 2.90. The van der Waals surface area contributed by atoms with E-state index in [4.69, 9.17) is 17.4 Å². The highest BCUT2D eigenvalue weighted by Crippen LogP contribution is 2.21. The fourth-order valence-electron chi connectivity index (χ4n) is 3.15. The van der Waals surface area contributed by atoms with Crippen molar-refractivity contribution in [2.24, 2.45) is 5.14 Å². The van der Waals surface area contributed by atoms with E-state index < -0.39 is 10.0 Å². The molecule has 3 aromatic rings. The third kappa shape index (κ3) is 3.62. The lowest BCUT2D eigenvalue weighted by Gasteiger charge is -2.12. The number of H-pyrrole nitrogens is 1. The van der Waals surface area contributed by atoms with Crippen molar-refractivity contribution in [1.82, 2.24) is 14.8 Å². The van der Waals surface area contributed by atoms with Crippen LogP contribution >= 0.6 is 12.2 Å². The van der Waals surface area contributed by atoms with Gasteiger partial charge in [-0.05, 0) is 73.9 Å². The van der Waals surface area contributed by atoms with Crippen molar-refractivity contribution in [3.63, 3.8) is 0 Å². The minimum atomic E-state index is -3.73. The number of primary sulfonamides is 1. The van der Waals surface area contributed by atoms with Crippen molar-refractivity contribution in [3.8, 4) is 5.69 Å². The number of hydrogen-bond donors (Lipinski definition) is 2. The maximum atomic E-state index is 11.4. The van der Waals surface area contributed by atoms with Gasteiger partial charge < -0.3 is 0 Å². The predicted molar refractivity (Wildman–Crippen MR) is 104 cm³/mol. The first-order valence-electron chi connectivity index (χ1n) is 8.03. The van der Waals surface area contributed by atoms with Crippen LogP contribution in [-0.4, -0.2) is 23.2 Å². The van der Waals surface area contributed by atoms with Crippen molar-refractivity contribution < 1.29 is 8.42 Å². The molecule has 1 aromatic heterocycles. The maximum Gasteiger partial charge on any atom is 0.238 e. The molecule has 0 saturated heterocycles. The van der Waals surface area contributed by atoms with Crippen LogP contribution in [0, 0.1) is 25.5 Å². The first kappa shape index (κ1) is 18.5. The summed E-state index contributed by atoms with van der Waals surface area (Å²) in [6.07, 6.45) is 0.613. The van der Waals surface area contributed by atoms with E-state index in [1.807, 2.05) is 0 Å². The molecule has 0 atom stereocenters. The van der Waals surface area contributed by atoms with Crippen LogP contribution in [-0.2, 0) is 16.4 Å². The number of aromatic nitrogens is 3. The number of nitrogens with zero attached hydrogens (tertiary/aromatic N) is 2. The average molecular weight is 389 g/mol. The summed E-state index contributed by atoms with van der Waals surface area (Å²) in [6.45, 7) is 6.25. The summed E-state index contributed by atoms with van der Waals surface area (Å²) in [5.41, 5.74) is 5.56. The normalized spacial score (nSPS) is 11.7. The number of hydrogen-bond acceptors (Lipinski definition) is 4. The summed E-state index contributed by atoms with van der Waals surface area (Å²) in [4.78, 5) is 0.0584. The third-order valence-corrected chi connectivity index (χ3v) is 5.54. The Kier molecular flexibility index (Phi) is 4.83. The van der Waals surface area contributed by atoms with Gasteiger partial charge in [-0.15, -0.1) is 0 Å². The summed E-state index contributed by atoms with van der Waals surface area (Å²) < 4.78 is 25.1. The smallest absolute Gasteiger partial charge is 0.238 e. The molecule has 26 heavy (non-hydrogen) atoms. The Hall–Kier alpha value is -2.29. The summed E-state index contributed by atoms with van der Waals surface area (Å²) >= 11 is 5.37. The zero-order valence-corrected chi connectivity index (χ0v) is 16.4. The molecule has 0 aliphatic carbocycles. The number of nitrogens with two attached hydrogens (primary N) is 1. The highest BCUT2D eigenvalue weighted by Gasteiger charge is 2.14. The second-order valence-corrected chi connectivity index (χ2v) is 8.32. The molecular formula is C18H20N4O2S2. The molecule has 3 rings (SSSR count). The summed E-state index contributed by atoms with van der Waals surface area (Å²) in [7, 11) is -3.73. The van der Waals surface area contributed by atoms with Crippen LogP contribution in [0.1, 0.15) is 28.1 Å². The van der Waals surface area contributed by atoms with Crippen LogP contribution in [0.3, 0.4) is 0 Å². The van der Waals surface area contributed by atoms with E-state index in [9.17, 15) is 8.42 Å². The van der Waals surface area contributed by atoms with E-state index in [0.29, 0.717) is 11.2 Å².